The number of halogens is 1. The number of para-hydroxylation sites is 1. The van der Waals surface area contributed by atoms with Crippen LogP contribution in [-0.4, -0.2) is 113 Å². The van der Waals surface area contributed by atoms with Crippen LogP contribution in [0.3, 0.4) is 0 Å². The molecule has 0 aliphatic heterocycles. The van der Waals surface area contributed by atoms with Crippen LogP contribution in [0.2, 0.25) is 0 Å². The number of Topliss-reactive ketones (excluding diaryl/α,β-unsaturated/α-hetero) is 1. The molecule has 62 heavy (non-hydrogen) atoms. The van der Waals surface area contributed by atoms with E-state index in [-0.39, 0.29) is 36.0 Å². The Hall–Kier alpha value is -6.41. The smallest absolute Gasteiger partial charge is 0.292 e. The van der Waals surface area contributed by atoms with Crippen LogP contribution in [0.25, 0.3) is 33.3 Å². The number of rotatable bonds is 24. The van der Waals surface area contributed by atoms with Crippen LogP contribution in [0.4, 0.5) is 10.3 Å². The quantitative estimate of drug-likeness (QED) is 0.0222. The van der Waals surface area contributed by atoms with Crippen molar-refractivity contribution < 1.29 is 37.8 Å². The lowest BCUT2D eigenvalue weighted by Crippen LogP contribution is -2.48. The third-order valence-corrected chi connectivity index (χ3v) is 10.4. The molecule has 6 rings (SSSR count). The van der Waals surface area contributed by atoms with Crippen LogP contribution < -0.4 is 27.2 Å². The molecule has 6 aromatic rings. The summed E-state index contributed by atoms with van der Waals surface area (Å²) in [4.78, 5) is 78.2. The molecule has 3 heterocycles. The van der Waals surface area contributed by atoms with Gasteiger partial charge in [0.1, 0.15) is 11.9 Å². The number of imidazole rings is 1. The number of aromatic amines is 2. The maximum atomic E-state index is 13.6. The van der Waals surface area contributed by atoms with Gasteiger partial charge in [-0.2, -0.15) is 4.98 Å². The average molecular weight is 870 g/mol. The van der Waals surface area contributed by atoms with Crippen LogP contribution in [0.15, 0.2) is 88.8 Å². The summed E-state index contributed by atoms with van der Waals surface area (Å²) >= 11 is 1.15. The van der Waals surface area contributed by atoms with Gasteiger partial charge in [-0.1, -0.05) is 72.4 Å². The van der Waals surface area contributed by atoms with Crippen molar-refractivity contribution in [3.8, 4) is 11.3 Å². The molecule has 0 fully saturated rings. The monoisotopic (exact) mass is 869 g/mol. The van der Waals surface area contributed by atoms with E-state index in [0.717, 1.165) is 28.4 Å². The summed E-state index contributed by atoms with van der Waals surface area (Å²) in [6.45, 7) is 4.18. The van der Waals surface area contributed by atoms with Gasteiger partial charge in [0.05, 0.1) is 44.2 Å². The maximum Gasteiger partial charge on any atom is 0.292 e. The number of amides is 3. The van der Waals surface area contributed by atoms with E-state index in [9.17, 15) is 28.4 Å². The van der Waals surface area contributed by atoms with Gasteiger partial charge in [-0.25, -0.2) is 9.37 Å². The van der Waals surface area contributed by atoms with Gasteiger partial charge < -0.3 is 40.9 Å². The van der Waals surface area contributed by atoms with Gasteiger partial charge in [-0.15, -0.1) is 0 Å². The number of fused-ring (bicyclic) bond motifs is 2. The topological polar surface area (TPSA) is 237 Å². The summed E-state index contributed by atoms with van der Waals surface area (Å²) in [5, 5.41) is 9.23. The minimum absolute atomic E-state index is 0.0504. The van der Waals surface area contributed by atoms with Crippen molar-refractivity contribution >= 4 is 63.3 Å². The molecule has 1 unspecified atom stereocenters. The summed E-state index contributed by atoms with van der Waals surface area (Å²) in [6, 6.07) is 21.7. The Labute approximate surface area is 359 Å². The highest BCUT2D eigenvalue weighted by Gasteiger charge is 2.25. The molecule has 326 valence electrons. The summed E-state index contributed by atoms with van der Waals surface area (Å²) in [7, 11) is 0. The van der Waals surface area contributed by atoms with Crippen LogP contribution in [-0.2, 0) is 35.1 Å². The second-order valence-electron chi connectivity index (χ2n) is 14.0. The number of nitrogen functional groups attached to an aromatic ring is 1. The van der Waals surface area contributed by atoms with Gasteiger partial charge >= 0.3 is 0 Å². The van der Waals surface area contributed by atoms with Crippen molar-refractivity contribution in [2.75, 3.05) is 64.2 Å². The summed E-state index contributed by atoms with van der Waals surface area (Å²) in [5.41, 5.74) is 8.81. The fourth-order valence-corrected chi connectivity index (χ4v) is 7.45. The highest BCUT2D eigenvalue weighted by atomic mass is 32.2. The Bertz CT molecular complexity index is 2530. The zero-order valence-electron chi connectivity index (χ0n) is 34.0. The number of hydrogen-bond donors (Lipinski definition) is 6. The van der Waals surface area contributed by atoms with Crippen LogP contribution >= 0.6 is 11.8 Å². The van der Waals surface area contributed by atoms with Crippen LogP contribution in [0.1, 0.15) is 35.7 Å². The lowest BCUT2D eigenvalue weighted by Gasteiger charge is -2.17. The zero-order chi connectivity index (χ0) is 43.8. The van der Waals surface area contributed by atoms with Crippen LogP contribution in [0.5, 0.6) is 0 Å². The minimum atomic E-state index is -0.919. The van der Waals surface area contributed by atoms with E-state index in [0.29, 0.717) is 80.8 Å². The lowest BCUT2D eigenvalue weighted by molar-refractivity contribution is -0.127. The van der Waals surface area contributed by atoms with Gasteiger partial charge in [0.25, 0.3) is 17.2 Å². The molecule has 3 amide bonds. The average Bonchev–Trinajstić information content (AvgIpc) is 3.82. The molecule has 0 aliphatic carbocycles. The molecular formula is C43H48FN9O8S. The number of anilines is 1. The molecule has 1 atom stereocenters. The Balaban J connectivity index is 0.832. The number of H-pyrrole nitrogens is 2. The predicted molar refractivity (Wildman–Crippen MR) is 232 cm³/mol. The SMILES string of the molecule is CC(=O)NC(CSc1nc2c(=O)[nH]c(N)nc2n1Cc1ccc(F)cc1)C(=O)NCCCOCCOCCOCCCNC(=O)C(=O)c1c(-c2ccccc2)[nH]c2ccccc12. The number of hydrogen-bond acceptors (Lipinski definition) is 12. The van der Waals surface area contributed by atoms with E-state index in [2.05, 4.69) is 35.9 Å². The molecule has 3 aromatic heterocycles. The predicted octanol–water partition coefficient (Wildman–Crippen LogP) is 3.58. The van der Waals surface area contributed by atoms with E-state index < -0.39 is 40.9 Å². The van der Waals surface area contributed by atoms with Gasteiger partial charge in [0.15, 0.2) is 16.3 Å². The normalized spacial score (nSPS) is 11.8. The number of benzene rings is 3. The van der Waals surface area contributed by atoms with Crippen molar-refractivity contribution in [2.24, 2.45) is 0 Å². The molecule has 17 nitrogen and oxygen atoms in total. The first-order valence-corrected chi connectivity index (χ1v) is 21.0. The van der Waals surface area contributed by atoms with E-state index >= 15 is 0 Å². The second kappa shape index (κ2) is 22.4. The standard InChI is InChI=1S/C43H48FN9O8S/c1-27(54)48-33(26-62-43-50-36-38(51-42(45)52-40(36)57)53(43)25-28-13-15-30(44)16-14-28)39(56)46-17-7-19-59-21-23-61-24-22-60-20-8-18-47-41(58)37(55)34-31-11-5-6-12-32(31)49-35(34)29-9-3-2-4-10-29/h2-6,9-16,33,49H,7-8,17-26H2,1H3,(H,46,56)(H,47,58)(H,48,54)(H3,45,51,52,57). The number of thioether (sulfide) groups is 1. The van der Waals surface area contributed by atoms with E-state index in [1.807, 2.05) is 54.6 Å². The molecular weight excluding hydrogens is 822 g/mol. The van der Waals surface area contributed by atoms with E-state index in [1.54, 1.807) is 16.7 Å². The largest absolute Gasteiger partial charge is 0.379 e. The number of ether oxygens (including phenoxy) is 3. The highest BCUT2D eigenvalue weighted by Crippen LogP contribution is 2.31. The van der Waals surface area contributed by atoms with Gasteiger partial charge in [0.2, 0.25) is 17.8 Å². The number of carbonyl (C=O) groups excluding carboxylic acids is 4. The number of ketones is 1. The summed E-state index contributed by atoms with van der Waals surface area (Å²) in [6.07, 6.45) is 1.02. The van der Waals surface area contributed by atoms with Crippen molar-refractivity contribution in [1.82, 2.24) is 40.5 Å². The number of carbonyl (C=O) groups is 4. The zero-order valence-corrected chi connectivity index (χ0v) is 34.9. The third kappa shape index (κ3) is 12.3. The van der Waals surface area contributed by atoms with Crippen molar-refractivity contribution in [1.29, 1.82) is 0 Å². The Morgan fingerprint density at radius 1 is 0.823 bits per heavy atom. The summed E-state index contributed by atoms with van der Waals surface area (Å²) < 4.78 is 32.0. The molecule has 0 spiro atoms. The number of nitrogens with zero attached hydrogens (tertiary/aromatic N) is 3. The molecule has 7 N–H and O–H groups in total. The highest BCUT2D eigenvalue weighted by molar-refractivity contribution is 7.99. The molecule has 0 saturated carbocycles. The summed E-state index contributed by atoms with van der Waals surface area (Å²) in [5.74, 6) is -2.50. The molecule has 0 aliphatic rings. The fourth-order valence-electron chi connectivity index (χ4n) is 6.44. The van der Waals surface area contributed by atoms with Crippen LogP contribution in [0, 0.1) is 5.82 Å². The number of nitrogens with one attached hydrogen (secondary N) is 5. The molecule has 0 saturated heterocycles. The Morgan fingerprint density at radius 3 is 2.16 bits per heavy atom. The van der Waals surface area contributed by atoms with Gasteiger partial charge in [-0.3, -0.25) is 33.5 Å². The Morgan fingerprint density at radius 2 is 1.47 bits per heavy atom. The maximum absolute atomic E-state index is 13.6. The van der Waals surface area contributed by atoms with Gasteiger partial charge in [0, 0.05) is 49.9 Å². The molecule has 0 radical (unpaired) electrons. The third-order valence-electron chi connectivity index (χ3n) is 9.38. The minimum Gasteiger partial charge on any atom is -0.379 e. The molecule has 0 bridgehead atoms. The first-order chi connectivity index (χ1) is 30.1. The van der Waals surface area contributed by atoms with Crippen molar-refractivity contribution in [3.05, 3.63) is 106 Å². The van der Waals surface area contributed by atoms with Crippen molar-refractivity contribution in [2.45, 2.75) is 37.5 Å². The Kier molecular flexibility index (Phi) is 16.3. The first-order valence-electron chi connectivity index (χ1n) is 20.0. The molecule has 19 heteroatoms. The van der Waals surface area contributed by atoms with Crippen molar-refractivity contribution in [3.63, 3.8) is 0 Å². The molecule has 3 aromatic carbocycles. The van der Waals surface area contributed by atoms with E-state index in [4.69, 9.17) is 19.9 Å². The fraction of sp³-hybridized carbons (Fsp3) is 0.326. The van der Waals surface area contributed by atoms with E-state index in [1.165, 1.54) is 19.1 Å². The number of nitrogens with two attached hydrogens (primary N) is 1. The number of aromatic nitrogens is 5. The van der Waals surface area contributed by atoms with Gasteiger partial charge in [-0.05, 0) is 42.2 Å². The first kappa shape index (κ1) is 45.1. The second-order valence-corrected chi connectivity index (χ2v) is 15.0. The lowest BCUT2D eigenvalue weighted by atomic mass is 10.0.